The van der Waals surface area contributed by atoms with E-state index in [1.54, 1.807) is 0 Å². The molecule has 1 aliphatic carbocycles. The van der Waals surface area contributed by atoms with Gasteiger partial charge in [0.15, 0.2) is 5.82 Å². The Morgan fingerprint density at radius 3 is 2.79 bits per heavy atom. The molecule has 6 nitrogen and oxygen atoms in total. The SMILES string of the molecule is CCCn1c2nc(C3CCCC3)nc-2c2n(c1=O)CC(Cc1cccc(C)c1)N2. The molecule has 3 aliphatic heterocycles. The standard InChI is InChI=1S/C23H29N5O/c1-3-11-27-22-19(25-20(26-22)17-9-4-5-10-17)21-24-18(14-28(21)23(27)29)13-16-8-6-7-15(2)12-16/h6-8,12,17-18,24H,3-5,9-11,13-14H2,1-2H3. The van der Waals surface area contributed by atoms with Crippen molar-refractivity contribution in [3.63, 3.8) is 0 Å². The van der Waals surface area contributed by atoms with E-state index in [1.807, 2.05) is 9.13 Å². The van der Waals surface area contributed by atoms with Crippen LogP contribution in [-0.2, 0) is 19.5 Å². The van der Waals surface area contributed by atoms with Crippen molar-refractivity contribution in [2.75, 3.05) is 5.32 Å². The molecule has 1 unspecified atom stereocenters. The molecule has 0 aromatic heterocycles. The van der Waals surface area contributed by atoms with Crippen LogP contribution in [0.15, 0.2) is 29.1 Å². The number of rotatable bonds is 5. The van der Waals surface area contributed by atoms with E-state index in [-0.39, 0.29) is 11.7 Å². The van der Waals surface area contributed by atoms with Gasteiger partial charge >= 0.3 is 5.69 Å². The number of benzene rings is 1. The lowest BCUT2D eigenvalue weighted by atomic mass is 10.0. The predicted molar refractivity (Wildman–Crippen MR) is 115 cm³/mol. The van der Waals surface area contributed by atoms with Crippen LogP contribution in [0.2, 0.25) is 0 Å². The quantitative estimate of drug-likeness (QED) is 0.715. The van der Waals surface area contributed by atoms with Gasteiger partial charge in [0.05, 0.1) is 0 Å². The summed E-state index contributed by atoms with van der Waals surface area (Å²) in [5, 5.41) is 3.61. The van der Waals surface area contributed by atoms with E-state index >= 15 is 0 Å². The summed E-state index contributed by atoms with van der Waals surface area (Å²) >= 11 is 0. The number of hydrogen-bond donors (Lipinski definition) is 1. The molecule has 5 rings (SSSR count). The molecule has 0 spiro atoms. The minimum Gasteiger partial charge on any atom is -0.365 e. The molecule has 1 aromatic rings. The van der Waals surface area contributed by atoms with Crippen molar-refractivity contribution in [2.45, 2.75) is 77.4 Å². The van der Waals surface area contributed by atoms with E-state index in [9.17, 15) is 4.79 Å². The summed E-state index contributed by atoms with van der Waals surface area (Å²) in [5.74, 6) is 2.98. The van der Waals surface area contributed by atoms with E-state index in [2.05, 4.69) is 43.4 Å². The summed E-state index contributed by atoms with van der Waals surface area (Å²) < 4.78 is 3.71. The summed E-state index contributed by atoms with van der Waals surface area (Å²) in [5.41, 5.74) is 3.46. The highest BCUT2D eigenvalue weighted by Gasteiger charge is 2.33. The molecule has 1 atom stereocenters. The van der Waals surface area contributed by atoms with Crippen LogP contribution in [0.3, 0.4) is 0 Å². The summed E-state index contributed by atoms with van der Waals surface area (Å²) in [6.07, 6.45) is 6.62. The van der Waals surface area contributed by atoms with E-state index in [4.69, 9.17) is 9.97 Å². The molecular weight excluding hydrogens is 362 g/mol. The molecule has 29 heavy (non-hydrogen) atoms. The average Bonchev–Trinajstić information content (AvgIpc) is 3.43. The molecule has 152 valence electrons. The van der Waals surface area contributed by atoms with Gasteiger partial charge in [0.25, 0.3) is 0 Å². The third-order valence-electron chi connectivity index (χ3n) is 6.35. The largest absolute Gasteiger partial charge is 0.365 e. The van der Waals surface area contributed by atoms with Gasteiger partial charge in [0.2, 0.25) is 0 Å². The lowest BCUT2D eigenvalue weighted by Gasteiger charge is -2.13. The second-order valence-electron chi connectivity index (χ2n) is 8.66. The molecule has 1 saturated carbocycles. The van der Waals surface area contributed by atoms with Crippen molar-refractivity contribution in [2.24, 2.45) is 0 Å². The van der Waals surface area contributed by atoms with E-state index in [0.717, 1.165) is 48.8 Å². The maximum atomic E-state index is 13.3. The van der Waals surface area contributed by atoms with Crippen molar-refractivity contribution in [3.05, 3.63) is 51.7 Å². The first-order valence-corrected chi connectivity index (χ1v) is 11.0. The number of nitrogens with one attached hydrogen (secondary N) is 1. The molecule has 1 fully saturated rings. The minimum absolute atomic E-state index is 0.0338. The smallest absolute Gasteiger partial charge is 0.331 e. The van der Waals surface area contributed by atoms with Crippen LogP contribution < -0.4 is 11.0 Å². The summed E-state index contributed by atoms with van der Waals surface area (Å²) in [6.45, 7) is 5.57. The molecular formula is C23H29N5O. The molecule has 6 heteroatoms. The first-order valence-electron chi connectivity index (χ1n) is 11.0. The number of aromatic nitrogens is 4. The second-order valence-corrected chi connectivity index (χ2v) is 8.66. The van der Waals surface area contributed by atoms with Crippen LogP contribution in [0, 0.1) is 6.92 Å². The lowest BCUT2D eigenvalue weighted by molar-refractivity contribution is 0.560. The highest BCUT2D eigenvalue weighted by atomic mass is 16.1. The zero-order valence-corrected chi connectivity index (χ0v) is 17.3. The van der Waals surface area contributed by atoms with Crippen LogP contribution in [0.25, 0.3) is 11.5 Å². The van der Waals surface area contributed by atoms with Gasteiger partial charge in [-0.3, -0.25) is 9.13 Å². The maximum absolute atomic E-state index is 13.3. The number of fused-ring (bicyclic) bond motifs is 3. The van der Waals surface area contributed by atoms with Gasteiger partial charge < -0.3 is 5.32 Å². The zero-order chi connectivity index (χ0) is 20.0. The molecule has 1 N–H and O–H groups in total. The van der Waals surface area contributed by atoms with Gasteiger partial charge in [-0.15, -0.1) is 0 Å². The molecule has 1 aromatic carbocycles. The normalized spacial score (nSPS) is 19.0. The highest BCUT2D eigenvalue weighted by molar-refractivity contribution is 5.70. The van der Waals surface area contributed by atoms with Crippen molar-refractivity contribution < 1.29 is 0 Å². The van der Waals surface area contributed by atoms with Crippen molar-refractivity contribution in [3.8, 4) is 11.5 Å². The van der Waals surface area contributed by atoms with Gasteiger partial charge in [-0.05, 0) is 38.2 Å². The van der Waals surface area contributed by atoms with Crippen LogP contribution in [0.5, 0.6) is 0 Å². The fourth-order valence-electron chi connectivity index (χ4n) is 4.96. The lowest BCUT2D eigenvalue weighted by Crippen LogP contribution is -2.32. The summed E-state index contributed by atoms with van der Waals surface area (Å²) in [7, 11) is 0. The topological polar surface area (TPSA) is 64.7 Å². The first-order chi connectivity index (χ1) is 14.1. The van der Waals surface area contributed by atoms with Crippen LogP contribution in [0.1, 0.15) is 61.9 Å². The Bertz CT molecular complexity index is 1060. The van der Waals surface area contributed by atoms with Crippen LogP contribution >= 0.6 is 0 Å². The molecule has 4 aliphatic rings. The molecule has 3 heterocycles. The minimum atomic E-state index is 0.0338. The third kappa shape index (κ3) is 3.24. The first kappa shape index (κ1) is 18.4. The maximum Gasteiger partial charge on any atom is 0.331 e. The van der Waals surface area contributed by atoms with Gasteiger partial charge in [0.1, 0.15) is 17.3 Å². The van der Waals surface area contributed by atoms with Crippen molar-refractivity contribution in [1.82, 2.24) is 19.1 Å². The Hall–Kier alpha value is -2.63. The second kappa shape index (κ2) is 7.32. The number of nitrogens with zero attached hydrogens (tertiary/aromatic N) is 4. The van der Waals surface area contributed by atoms with E-state index in [0.29, 0.717) is 19.0 Å². The number of anilines is 1. The van der Waals surface area contributed by atoms with Gasteiger partial charge in [0, 0.05) is 25.0 Å². The Morgan fingerprint density at radius 1 is 1.21 bits per heavy atom. The number of imidazole rings is 1. The van der Waals surface area contributed by atoms with E-state index in [1.165, 1.54) is 24.0 Å². The zero-order valence-electron chi connectivity index (χ0n) is 17.3. The van der Waals surface area contributed by atoms with Crippen LogP contribution in [-0.4, -0.2) is 25.1 Å². The molecule has 0 bridgehead atoms. The van der Waals surface area contributed by atoms with Gasteiger partial charge in [-0.25, -0.2) is 14.8 Å². The monoisotopic (exact) mass is 391 g/mol. The Labute approximate surface area is 171 Å². The Kier molecular flexibility index (Phi) is 4.64. The summed E-state index contributed by atoms with van der Waals surface area (Å²) in [6, 6.07) is 8.79. The Balaban J connectivity index is 1.53. The third-order valence-corrected chi connectivity index (χ3v) is 6.35. The number of aryl methyl sites for hydroxylation is 1. The van der Waals surface area contributed by atoms with Crippen molar-refractivity contribution in [1.29, 1.82) is 0 Å². The van der Waals surface area contributed by atoms with E-state index < -0.39 is 0 Å². The fraction of sp³-hybridized carbons (Fsp3) is 0.522. The number of hydrogen-bond acceptors (Lipinski definition) is 4. The van der Waals surface area contributed by atoms with Crippen LogP contribution in [0.4, 0.5) is 5.82 Å². The molecule has 0 saturated heterocycles. The average molecular weight is 392 g/mol. The molecule has 0 radical (unpaired) electrons. The fourth-order valence-corrected chi connectivity index (χ4v) is 4.96. The van der Waals surface area contributed by atoms with Crippen molar-refractivity contribution >= 4 is 5.82 Å². The Morgan fingerprint density at radius 2 is 2.03 bits per heavy atom. The predicted octanol–water partition coefficient (Wildman–Crippen LogP) is 3.96. The van der Waals surface area contributed by atoms with Gasteiger partial charge in [-0.2, -0.15) is 0 Å². The molecule has 0 amide bonds. The van der Waals surface area contributed by atoms with Gasteiger partial charge in [-0.1, -0.05) is 49.6 Å². The summed E-state index contributed by atoms with van der Waals surface area (Å²) in [4.78, 5) is 23.1. The highest BCUT2D eigenvalue weighted by Crippen LogP contribution is 2.37.